The van der Waals surface area contributed by atoms with Crippen molar-refractivity contribution in [3.63, 3.8) is 0 Å². The molecular weight excluding hydrogens is 427 g/mol. The van der Waals surface area contributed by atoms with Crippen molar-refractivity contribution < 1.29 is 32.9 Å². The molecular formula is C26H23FO6. The zero-order chi connectivity index (χ0) is 23.5. The van der Waals surface area contributed by atoms with Gasteiger partial charge >= 0.3 is 5.97 Å². The van der Waals surface area contributed by atoms with Crippen LogP contribution in [0.15, 0.2) is 92.2 Å². The molecule has 0 aliphatic carbocycles. The van der Waals surface area contributed by atoms with Gasteiger partial charge in [-0.3, -0.25) is 0 Å². The Hall–Kier alpha value is -4.10. The Morgan fingerprint density at radius 2 is 1.39 bits per heavy atom. The van der Waals surface area contributed by atoms with Crippen molar-refractivity contribution in [2.45, 2.75) is 0 Å². The van der Waals surface area contributed by atoms with Crippen molar-refractivity contribution in [1.29, 1.82) is 0 Å². The summed E-state index contributed by atoms with van der Waals surface area (Å²) >= 11 is 0. The summed E-state index contributed by atoms with van der Waals surface area (Å²) in [7, 11) is 0. The number of ether oxygens (including phenoxy) is 5. The molecule has 0 amide bonds. The van der Waals surface area contributed by atoms with Crippen LogP contribution in [-0.2, 0) is 19.0 Å². The van der Waals surface area contributed by atoms with Gasteiger partial charge < -0.3 is 23.7 Å². The fourth-order valence-corrected chi connectivity index (χ4v) is 2.86. The molecule has 0 heterocycles. The molecule has 0 aliphatic heterocycles. The molecule has 3 aromatic rings. The number of hydrogen-bond acceptors (Lipinski definition) is 6. The summed E-state index contributed by atoms with van der Waals surface area (Å²) in [5.41, 5.74) is 2.74. The van der Waals surface area contributed by atoms with E-state index in [-0.39, 0.29) is 26.2 Å². The van der Waals surface area contributed by atoms with E-state index in [1.54, 1.807) is 42.5 Å². The Bertz CT molecular complexity index is 1080. The Morgan fingerprint density at radius 1 is 0.788 bits per heavy atom. The summed E-state index contributed by atoms with van der Waals surface area (Å²) in [6.45, 7) is 6.60. The van der Waals surface area contributed by atoms with Crippen LogP contribution in [0.5, 0.6) is 11.5 Å². The highest BCUT2D eigenvalue weighted by Crippen LogP contribution is 2.30. The molecule has 0 spiro atoms. The highest BCUT2D eigenvalue weighted by molar-refractivity contribution is 5.81. The molecule has 0 fully saturated rings. The summed E-state index contributed by atoms with van der Waals surface area (Å²) in [5.74, 6) is 0.195. The van der Waals surface area contributed by atoms with Crippen LogP contribution in [0.25, 0.3) is 22.3 Å². The van der Waals surface area contributed by atoms with Crippen molar-refractivity contribution >= 4 is 5.97 Å². The van der Waals surface area contributed by atoms with Gasteiger partial charge in [0.1, 0.15) is 17.3 Å². The van der Waals surface area contributed by atoms with E-state index in [1.807, 2.05) is 18.2 Å². The van der Waals surface area contributed by atoms with Gasteiger partial charge in [-0.1, -0.05) is 49.6 Å². The monoisotopic (exact) mass is 450 g/mol. The zero-order valence-corrected chi connectivity index (χ0v) is 17.9. The first-order valence-electron chi connectivity index (χ1n) is 9.96. The van der Waals surface area contributed by atoms with Crippen LogP contribution in [0, 0.1) is 5.82 Å². The molecule has 7 heteroatoms. The fraction of sp³-hybridized carbons (Fsp3) is 0.115. The number of esters is 1. The van der Waals surface area contributed by atoms with Crippen LogP contribution in [0.4, 0.5) is 4.39 Å². The number of rotatable bonds is 12. The SMILES string of the molecule is C=COCOCOc1ccc(-c2ccc(-c3ccc(OCOC(=O)C=C)cc3)c(F)c2)cc1. The first-order chi connectivity index (χ1) is 16.1. The van der Waals surface area contributed by atoms with Crippen molar-refractivity contribution in [2.24, 2.45) is 0 Å². The summed E-state index contributed by atoms with van der Waals surface area (Å²) in [4.78, 5) is 11.0. The van der Waals surface area contributed by atoms with Gasteiger partial charge in [0, 0.05) is 11.6 Å². The van der Waals surface area contributed by atoms with Crippen molar-refractivity contribution in [1.82, 2.24) is 0 Å². The average Bonchev–Trinajstić information content (AvgIpc) is 2.84. The molecule has 0 saturated heterocycles. The molecule has 170 valence electrons. The zero-order valence-electron chi connectivity index (χ0n) is 17.9. The molecule has 0 unspecified atom stereocenters. The van der Waals surface area contributed by atoms with E-state index >= 15 is 0 Å². The van der Waals surface area contributed by atoms with Crippen LogP contribution >= 0.6 is 0 Å². The Kier molecular flexibility index (Phi) is 8.62. The van der Waals surface area contributed by atoms with Gasteiger partial charge in [0.2, 0.25) is 6.79 Å². The van der Waals surface area contributed by atoms with Gasteiger partial charge in [-0.25, -0.2) is 9.18 Å². The number of halogens is 1. The van der Waals surface area contributed by atoms with Crippen LogP contribution in [0.2, 0.25) is 0 Å². The maximum Gasteiger partial charge on any atom is 0.333 e. The maximum absolute atomic E-state index is 14.8. The Labute approximate surface area is 191 Å². The maximum atomic E-state index is 14.8. The topological polar surface area (TPSA) is 63.2 Å². The third-order valence-corrected chi connectivity index (χ3v) is 4.49. The van der Waals surface area contributed by atoms with E-state index in [4.69, 9.17) is 23.7 Å². The van der Waals surface area contributed by atoms with Gasteiger partial charge in [-0.05, 0) is 47.0 Å². The number of carbonyl (C=O) groups excluding carboxylic acids is 1. The van der Waals surface area contributed by atoms with E-state index < -0.39 is 5.97 Å². The highest BCUT2D eigenvalue weighted by Gasteiger charge is 2.08. The van der Waals surface area contributed by atoms with E-state index in [1.165, 1.54) is 12.3 Å². The molecule has 6 nitrogen and oxygen atoms in total. The van der Waals surface area contributed by atoms with Crippen molar-refractivity contribution in [2.75, 3.05) is 20.4 Å². The van der Waals surface area contributed by atoms with Crippen molar-refractivity contribution in [3.05, 3.63) is 98.0 Å². The van der Waals surface area contributed by atoms with E-state index in [9.17, 15) is 9.18 Å². The summed E-state index contributed by atoms with van der Waals surface area (Å²) in [5, 5.41) is 0. The molecule has 0 radical (unpaired) electrons. The van der Waals surface area contributed by atoms with Gasteiger partial charge in [-0.2, -0.15) is 0 Å². The number of benzene rings is 3. The lowest BCUT2D eigenvalue weighted by Gasteiger charge is -2.10. The molecule has 0 aliphatic rings. The third kappa shape index (κ3) is 6.95. The summed E-state index contributed by atoms with van der Waals surface area (Å²) < 4.78 is 40.3. The van der Waals surface area contributed by atoms with Crippen molar-refractivity contribution in [3.8, 4) is 33.8 Å². The summed E-state index contributed by atoms with van der Waals surface area (Å²) in [6, 6.07) is 19.1. The second-order valence-corrected chi connectivity index (χ2v) is 6.59. The smallest absolute Gasteiger partial charge is 0.333 e. The predicted molar refractivity (Wildman–Crippen MR) is 122 cm³/mol. The predicted octanol–water partition coefficient (Wildman–Crippen LogP) is 5.70. The first kappa shape index (κ1) is 23.6. The van der Waals surface area contributed by atoms with Crippen LogP contribution in [0.1, 0.15) is 0 Å². The fourth-order valence-electron chi connectivity index (χ4n) is 2.86. The van der Waals surface area contributed by atoms with Gasteiger partial charge in [0.15, 0.2) is 13.6 Å². The molecule has 0 atom stereocenters. The minimum atomic E-state index is -0.570. The lowest BCUT2D eigenvalue weighted by molar-refractivity contribution is -0.144. The lowest BCUT2D eigenvalue weighted by Crippen LogP contribution is -2.07. The Balaban J connectivity index is 1.61. The second-order valence-electron chi connectivity index (χ2n) is 6.59. The quantitative estimate of drug-likeness (QED) is 0.116. The molecule has 0 saturated carbocycles. The average molecular weight is 450 g/mol. The minimum Gasteiger partial charge on any atom is -0.476 e. The second kappa shape index (κ2) is 12.1. The number of hydrogen-bond donors (Lipinski definition) is 0. The van der Waals surface area contributed by atoms with Gasteiger partial charge in [0.25, 0.3) is 0 Å². The molecule has 0 bridgehead atoms. The lowest BCUT2D eigenvalue weighted by atomic mass is 9.99. The van der Waals surface area contributed by atoms with E-state index in [2.05, 4.69) is 13.2 Å². The Morgan fingerprint density at radius 3 is 2.00 bits per heavy atom. The number of carbonyl (C=O) groups is 1. The normalized spacial score (nSPS) is 10.2. The standard InChI is InChI=1S/C26H23FO6/c1-3-26(28)33-18-32-23-12-7-20(8-13-23)24-14-9-21(15-25(24)27)19-5-10-22(11-6-19)31-17-30-16-29-4-2/h3-15H,1-2,16-18H2. The van der Waals surface area contributed by atoms with Crippen LogP contribution in [0.3, 0.4) is 0 Å². The molecule has 3 rings (SSSR count). The molecule has 3 aromatic carbocycles. The first-order valence-corrected chi connectivity index (χ1v) is 9.96. The van der Waals surface area contributed by atoms with Crippen LogP contribution < -0.4 is 9.47 Å². The largest absolute Gasteiger partial charge is 0.476 e. The molecule has 0 aromatic heterocycles. The van der Waals surface area contributed by atoms with Gasteiger partial charge in [0.05, 0.1) is 6.26 Å². The summed E-state index contributed by atoms with van der Waals surface area (Å²) in [6.07, 6.45) is 2.34. The van der Waals surface area contributed by atoms with Gasteiger partial charge in [-0.15, -0.1) is 0 Å². The highest BCUT2D eigenvalue weighted by atomic mass is 19.1. The van der Waals surface area contributed by atoms with E-state index in [0.717, 1.165) is 17.2 Å². The third-order valence-electron chi connectivity index (χ3n) is 4.49. The molecule has 33 heavy (non-hydrogen) atoms. The van der Waals surface area contributed by atoms with E-state index in [0.29, 0.717) is 22.6 Å². The molecule has 0 N–H and O–H groups in total. The minimum absolute atomic E-state index is 0.0420. The van der Waals surface area contributed by atoms with Crippen LogP contribution in [-0.4, -0.2) is 26.3 Å².